The predicted octanol–water partition coefficient (Wildman–Crippen LogP) is 2.04. The van der Waals surface area contributed by atoms with Crippen molar-refractivity contribution in [1.29, 1.82) is 0 Å². The van der Waals surface area contributed by atoms with Crippen LogP contribution in [0, 0.1) is 6.92 Å². The molecule has 0 saturated heterocycles. The van der Waals surface area contributed by atoms with Crippen molar-refractivity contribution in [3.05, 3.63) is 22.7 Å². The Morgan fingerprint density at radius 3 is 2.93 bits per heavy atom. The first-order chi connectivity index (χ1) is 6.61. The minimum atomic E-state index is 0.0582. The molecule has 0 saturated carbocycles. The molecule has 1 amide bonds. The van der Waals surface area contributed by atoms with E-state index in [4.69, 9.17) is 11.6 Å². The van der Waals surface area contributed by atoms with Crippen molar-refractivity contribution in [1.82, 2.24) is 0 Å². The highest BCUT2D eigenvalue weighted by molar-refractivity contribution is 6.32. The van der Waals surface area contributed by atoms with Crippen LogP contribution in [0.3, 0.4) is 0 Å². The van der Waals surface area contributed by atoms with E-state index < -0.39 is 0 Å². The van der Waals surface area contributed by atoms with E-state index >= 15 is 0 Å². The van der Waals surface area contributed by atoms with Crippen LogP contribution in [0.5, 0.6) is 0 Å². The Morgan fingerprint density at radius 2 is 2.21 bits per heavy atom. The number of anilines is 2. The van der Waals surface area contributed by atoms with Gasteiger partial charge in [0.2, 0.25) is 5.91 Å². The van der Waals surface area contributed by atoms with Crippen molar-refractivity contribution in [2.75, 3.05) is 23.8 Å². The van der Waals surface area contributed by atoms with Gasteiger partial charge in [0, 0.05) is 12.1 Å². The fourth-order valence-electron chi connectivity index (χ4n) is 1.66. The third kappa shape index (κ3) is 1.24. The van der Waals surface area contributed by atoms with Crippen molar-refractivity contribution < 1.29 is 4.79 Å². The van der Waals surface area contributed by atoms with Gasteiger partial charge in [0.05, 0.1) is 17.9 Å². The van der Waals surface area contributed by atoms with Gasteiger partial charge in [-0.2, -0.15) is 0 Å². The summed E-state index contributed by atoms with van der Waals surface area (Å²) in [6.07, 6.45) is 0. The van der Waals surface area contributed by atoms with E-state index in [9.17, 15) is 4.79 Å². The van der Waals surface area contributed by atoms with Crippen LogP contribution >= 0.6 is 11.6 Å². The van der Waals surface area contributed by atoms with Gasteiger partial charge < -0.3 is 10.2 Å². The highest BCUT2D eigenvalue weighted by atomic mass is 35.5. The van der Waals surface area contributed by atoms with Gasteiger partial charge in [0.15, 0.2) is 0 Å². The van der Waals surface area contributed by atoms with E-state index in [1.807, 2.05) is 19.1 Å². The molecule has 1 N–H and O–H groups in total. The Bertz CT molecular complexity index is 403. The largest absolute Gasteiger partial charge is 0.374 e. The Morgan fingerprint density at radius 1 is 1.50 bits per heavy atom. The molecule has 14 heavy (non-hydrogen) atoms. The van der Waals surface area contributed by atoms with Crippen molar-refractivity contribution in [3.63, 3.8) is 0 Å². The summed E-state index contributed by atoms with van der Waals surface area (Å²) in [4.78, 5) is 13.1. The zero-order chi connectivity index (χ0) is 10.3. The lowest BCUT2D eigenvalue weighted by atomic mass is 10.1. The van der Waals surface area contributed by atoms with Gasteiger partial charge in [0.25, 0.3) is 0 Å². The zero-order valence-electron chi connectivity index (χ0n) is 8.10. The number of likely N-dealkylation sites (N-methyl/N-ethyl adjacent to an activating group) is 1. The maximum absolute atomic E-state index is 11.4. The van der Waals surface area contributed by atoms with Gasteiger partial charge in [-0.1, -0.05) is 11.6 Å². The molecule has 0 fully saturated rings. The molecule has 2 rings (SSSR count). The lowest BCUT2D eigenvalue weighted by Gasteiger charge is -2.28. The number of benzene rings is 1. The molecular weight excluding hydrogens is 200 g/mol. The molecule has 1 aromatic carbocycles. The number of hydrogen-bond acceptors (Lipinski definition) is 2. The van der Waals surface area contributed by atoms with Crippen LogP contribution in [0.2, 0.25) is 5.02 Å². The highest BCUT2D eigenvalue weighted by Gasteiger charge is 2.22. The Balaban J connectivity index is 2.62. The van der Waals surface area contributed by atoms with Gasteiger partial charge in [-0.3, -0.25) is 4.79 Å². The monoisotopic (exact) mass is 210 g/mol. The third-order valence-electron chi connectivity index (χ3n) is 2.50. The van der Waals surface area contributed by atoms with Crippen LogP contribution < -0.4 is 10.2 Å². The second-order valence-corrected chi connectivity index (χ2v) is 3.78. The quantitative estimate of drug-likeness (QED) is 0.711. The van der Waals surface area contributed by atoms with Crippen LogP contribution in [-0.2, 0) is 4.79 Å². The second-order valence-electron chi connectivity index (χ2n) is 3.37. The highest BCUT2D eigenvalue weighted by Crippen LogP contribution is 2.35. The summed E-state index contributed by atoms with van der Waals surface area (Å²) in [5.41, 5.74) is 2.79. The van der Waals surface area contributed by atoms with Crippen LogP contribution in [0.25, 0.3) is 0 Å². The van der Waals surface area contributed by atoms with Crippen molar-refractivity contribution in [3.8, 4) is 0 Å². The molecule has 0 unspecified atom stereocenters. The molecule has 0 bridgehead atoms. The smallest absolute Gasteiger partial charge is 0.246 e. The molecule has 1 aliphatic rings. The molecule has 3 nitrogen and oxygen atoms in total. The minimum absolute atomic E-state index is 0.0582. The maximum atomic E-state index is 11.4. The van der Waals surface area contributed by atoms with Gasteiger partial charge in [-0.25, -0.2) is 0 Å². The number of nitrogens with one attached hydrogen (secondary N) is 1. The Labute approximate surface area is 87.7 Å². The number of amides is 1. The summed E-state index contributed by atoms with van der Waals surface area (Å²) in [6, 6.07) is 3.74. The van der Waals surface area contributed by atoms with E-state index in [-0.39, 0.29) is 5.91 Å². The molecular formula is C10H11ClN2O. The first-order valence-corrected chi connectivity index (χ1v) is 4.78. The Kier molecular flexibility index (Phi) is 2.11. The summed E-state index contributed by atoms with van der Waals surface area (Å²) in [6.45, 7) is 2.27. The maximum Gasteiger partial charge on any atom is 0.246 e. The number of carbonyl (C=O) groups excluding carboxylic acids is 1. The topological polar surface area (TPSA) is 32.3 Å². The molecule has 0 spiro atoms. The average Bonchev–Trinajstić information content (AvgIpc) is 2.17. The van der Waals surface area contributed by atoms with Crippen LogP contribution in [-0.4, -0.2) is 19.5 Å². The first-order valence-electron chi connectivity index (χ1n) is 4.41. The molecule has 0 atom stereocenters. The number of carbonyl (C=O) groups is 1. The molecule has 1 aromatic rings. The van der Waals surface area contributed by atoms with Gasteiger partial charge in [-0.05, 0) is 24.6 Å². The van der Waals surface area contributed by atoms with Crippen molar-refractivity contribution >= 4 is 28.9 Å². The summed E-state index contributed by atoms with van der Waals surface area (Å²) in [7, 11) is 1.77. The molecule has 0 radical (unpaired) electrons. The van der Waals surface area contributed by atoms with E-state index in [2.05, 4.69) is 5.32 Å². The zero-order valence-corrected chi connectivity index (χ0v) is 8.85. The number of hydrogen-bond donors (Lipinski definition) is 1. The minimum Gasteiger partial charge on any atom is -0.374 e. The fourth-order valence-corrected chi connectivity index (χ4v) is 1.82. The predicted molar refractivity (Wildman–Crippen MR) is 58.1 cm³/mol. The lowest BCUT2D eigenvalue weighted by molar-refractivity contribution is -0.116. The second kappa shape index (κ2) is 3.17. The Hall–Kier alpha value is -1.22. The fraction of sp³-hybridized carbons (Fsp3) is 0.300. The van der Waals surface area contributed by atoms with E-state index in [1.165, 1.54) is 0 Å². The normalized spacial score (nSPS) is 15.1. The summed E-state index contributed by atoms with van der Waals surface area (Å²) >= 11 is 5.99. The SMILES string of the molecule is Cc1c(Cl)ccc2c1N(C)C(=O)CN2. The standard InChI is InChI=1S/C10H11ClN2O/c1-6-7(11)3-4-8-10(6)13(2)9(14)5-12-8/h3-4,12H,5H2,1-2H3. The van der Waals surface area contributed by atoms with Crippen LogP contribution in [0.4, 0.5) is 11.4 Å². The first kappa shape index (κ1) is 9.34. The van der Waals surface area contributed by atoms with Gasteiger partial charge >= 0.3 is 0 Å². The van der Waals surface area contributed by atoms with E-state index in [1.54, 1.807) is 11.9 Å². The van der Waals surface area contributed by atoms with E-state index in [0.29, 0.717) is 11.6 Å². The number of fused-ring (bicyclic) bond motifs is 1. The van der Waals surface area contributed by atoms with Crippen LogP contribution in [0.1, 0.15) is 5.56 Å². The molecule has 74 valence electrons. The summed E-state index contributed by atoms with van der Waals surface area (Å²) in [5.74, 6) is 0.0582. The van der Waals surface area contributed by atoms with E-state index in [0.717, 1.165) is 16.9 Å². The lowest BCUT2D eigenvalue weighted by Crippen LogP contribution is -2.37. The number of rotatable bonds is 0. The number of halogens is 1. The number of nitrogens with zero attached hydrogens (tertiary/aromatic N) is 1. The molecule has 1 heterocycles. The van der Waals surface area contributed by atoms with Crippen molar-refractivity contribution in [2.45, 2.75) is 6.92 Å². The molecule has 0 aliphatic carbocycles. The summed E-state index contributed by atoms with van der Waals surface area (Å²) < 4.78 is 0. The molecule has 4 heteroatoms. The average molecular weight is 211 g/mol. The van der Waals surface area contributed by atoms with Crippen LogP contribution in [0.15, 0.2) is 12.1 Å². The third-order valence-corrected chi connectivity index (χ3v) is 2.91. The molecule has 1 aliphatic heterocycles. The van der Waals surface area contributed by atoms with Gasteiger partial charge in [-0.15, -0.1) is 0 Å². The summed E-state index contributed by atoms with van der Waals surface area (Å²) in [5, 5.41) is 3.75. The van der Waals surface area contributed by atoms with Gasteiger partial charge in [0.1, 0.15) is 0 Å². The molecule has 0 aromatic heterocycles. The van der Waals surface area contributed by atoms with Crippen molar-refractivity contribution in [2.24, 2.45) is 0 Å².